The predicted octanol–water partition coefficient (Wildman–Crippen LogP) is 1.83. The van der Waals surface area contributed by atoms with Gasteiger partial charge >= 0.3 is 0 Å². The molecule has 0 fully saturated rings. The van der Waals surface area contributed by atoms with Crippen LogP contribution in [0.3, 0.4) is 0 Å². The molecular formula is C16H20N6. The number of nitrogens with zero attached hydrogens (tertiary/aromatic N) is 4. The van der Waals surface area contributed by atoms with E-state index in [0.29, 0.717) is 12.5 Å². The number of rotatable bonds is 3. The molecule has 0 saturated carbocycles. The van der Waals surface area contributed by atoms with Crippen molar-refractivity contribution in [2.24, 2.45) is 0 Å². The fraction of sp³-hybridized carbons (Fsp3) is 0.500. The maximum absolute atomic E-state index is 5.83. The first-order valence-corrected chi connectivity index (χ1v) is 8.02. The van der Waals surface area contributed by atoms with Gasteiger partial charge in [-0.25, -0.2) is 15.0 Å². The lowest BCUT2D eigenvalue weighted by Crippen LogP contribution is -2.15. The van der Waals surface area contributed by atoms with Crippen molar-refractivity contribution >= 4 is 11.8 Å². The van der Waals surface area contributed by atoms with Crippen LogP contribution >= 0.6 is 0 Å². The zero-order valence-electron chi connectivity index (χ0n) is 12.6. The highest BCUT2D eigenvalue weighted by molar-refractivity contribution is 5.50. The third-order valence-corrected chi connectivity index (χ3v) is 4.48. The quantitative estimate of drug-likeness (QED) is 0.898. The predicted molar refractivity (Wildman–Crippen MR) is 84.5 cm³/mol. The number of nitrogens with one attached hydrogen (secondary N) is 1. The monoisotopic (exact) mass is 296 g/mol. The minimum absolute atomic E-state index is 0.345. The van der Waals surface area contributed by atoms with Crippen LogP contribution in [0.25, 0.3) is 0 Å². The van der Waals surface area contributed by atoms with Crippen LogP contribution in [-0.2, 0) is 32.2 Å². The van der Waals surface area contributed by atoms with Gasteiger partial charge in [0.25, 0.3) is 0 Å². The van der Waals surface area contributed by atoms with Gasteiger partial charge in [0.15, 0.2) is 0 Å². The van der Waals surface area contributed by atoms with Crippen LogP contribution in [-0.4, -0.2) is 19.9 Å². The molecule has 2 aliphatic rings. The van der Waals surface area contributed by atoms with E-state index >= 15 is 0 Å². The molecule has 0 aromatic carbocycles. The third-order valence-electron chi connectivity index (χ3n) is 4.48. The summed E-state index contributed by atoms with van der Waals surface area (Å²) in [7, 11) is 0. The first kappa shape index (κ1) is 13.4. The van der Waals surface area contributed by atoms with Gasteiger partial charge in [-0.05, 0) is 50.5 Å². The van der Waals surface area contributed by atoms with Crippen molar-refractivity contribution in [1.29, 1.82) is 0 Å². The van der Waals surface area contributed by atoms with Gasteiger partial charge < -0.3 is 11.1 Å². The van der Waals surface area contributed by atoms with E-state index in [-0.39, 0.29) is 0 Å². The molecule has 0 bridgehead atoms. The number of nitrogens with two attached hydrogens (primary N) is 1. The lowest BCUT2D eigenvalue weighted by molar-refractivity contribution is 0.664. The van der Waals surface area contributed by atoms with Gasteiger partial charge in [-0.3, -0.25) is 0 Å². The van der Waals surface area contributed by atoms with Crippen molar-refractivity contribution in [3.63, 3.8) is 0 Å². The Bertz CT molecular complexity index is 712. The molecule has 0 amide bonds. The summed E-state index contributed by atoms with van der Waals surface area (Å²) in [6.07, 6.45) is 9.71. The second-order valence-corrected chi connectivity index (χ2v) is 6.03. The highest BCUT2D eigenvalue weighted by Crippen LogP contribution is 2.26. The molecule has 6 heteroatoms. The van der Waals surface area contributed by atoms with E-state index in [0.717, 1.165) is 43.0 Å². The maximum atomic E-state index is 5.83. The summed E-state index contributed by atoms with van der Waals surface area (Å²) < 4.78 is 0. The molecule has 0 saturated heterocycles. The average Bonchev–Trinajstić information content (AvgIpc) is 3.00. The van der Waals surface area contributed by atoms with E-state index in [1.807, 2.05) is 6.20 Å². The van der Waals surface area contributed by atoms with Crippen molar-refractivity contribution in [1.82, 2.24) is 19.9 Å². The smallest absolute Gasteiger partial charge is 0.222 e. The summed E-state index contributed by atoms with van der Waals surface area (Å²) in [6, 6.07) is 0. The molecule has 6 nitrogen and oxygen atoms in total. The van der Waals surface area contributed by atoms with Crippen LogP contribution in [0.15, 0.2) is 6.20 Å². The lowest BCUT2D eigenvalue weighted by Gasteiger charge is -2.18. The summed E-state index contributed by atoms with van der Waals surface area (Å²) >= 11 is 0. The van der Waals surface area contributed by atoms with Crippen LogP contribution in [0.1, 0.15) is 47.6 Å². The number of aromatic nitrogens is 4. The van der Waals surface area contributed by atoms with Gasteiger partial charge in [0.05, 0.1) is 12.2 Å². The Morgan fingerprint density at radius 3 is 2.77 bits per heavy atom. The second-order valence-electron chi connectivity index (χ2n) is 6.03. The van der Waals surface area contributed by atoms with Crippen molar-refractivity contribution in [2.45, 2.75) is 51.5 Å². The van der Waals surface area contributed by atoms with Gasteiger partial charge in [-0.2, -0.15) is 4.98 Å². The highest BCUT2D eigenvalue weighted by Gasteiger charge is 2.18. The fourth-order valence-electron chi connectivity index (χ4n) is 3.36. The van der Waals surface area contributed by atoms with E-state index in [2.05, 4.69) is 25.3 Å². The molecule has 2 heterocycles. The van der Waals surface area contributed by atoms with Gasteiger partial charge in [-0.15, -0.1) is 0 Å². The Morgan fingerprint density at radius 1 is 0.955 bits per heavy atom. The summed E-state index contributed by atoms with van der Waals surface area (Å²) in [5.74, 6) is 2.02. The molecule has 0 atom stereocenters. The molecule has 0 unspecified atom stereocenters. The molecule has 114 valence electrons. The summed E-state index contributed by atoms with van der Waals surface area (Å²) in [5, 5.41) is 3.36. The van der Waals surface area contributed by atoms with Crippen LogP contribution in [0.4, 0.5) is 11.8 Å². The number of nitrogen functional groups attached to an aromatic ring is 1. The van der Waals surface area contributed by atoms with E-state index in [9.17, 15) is 0 Å². The van der Waals surface area contributed by atoms with Crippen molar-refractivity contribution in [3.05, 3.63) is 34.5 Å². The molecule has 0 spiro atoms. The Balaban J connectivity index is 1.55. The average molecular weight is 296 g/mol. The van der Waals surface area contributed by atoms with Crippen LogP contribution in [0, 0.1) is 0 Å². The molecule has 0 aliphatic heterocycles. The van der Waals surface area contributed by atoms with Crippen LogP contribution in [0.2, 0.25) is 0 Å². The Kier molecular flexibility index (Phi) is 3.36. The number of hydrogen-bond acceptors (Lipinski definition) is 6. The van der Waals surface area contributed by atoms with Crippen LogP contribution in [0.5, 0.6) is 0 Å². The SMILES string of the molecule is Nc1nc2c(c(NCc3ncc4c(n3)CCC4)n1)CCCC2. The van der Waals surface area contributed by atoms with Crippen molar-refractivity contribution < 1.29 is 0 Å². The molecule has 2 aromatic rings. The highest BCUT2D eigenvalue weighted by atomic mass is 15.1. The van der Waals surface area contributed by atoms with Gasteiger partial charge in [0.1, 0.15) is 11.6 Å². The van der Waals surface area contributed by atoms with E-state index in [4.69, 9.17) is 5.73 Å². The van der Waals surface area contributed by atoms with Gasteiger partial charge in [-0.1, -0.05) is 0 Å². The number of aryl methyl sites for hydroxylation is 3. The second kappa shape index (κ2) is 5.51. The zero-order chi connectivity index (χ0) is 14.9. The number of hydrogen-bond donors (Lipinski definition) is 2. The molecule has 2 aromatic heterocycles. The Morgan fingerprint density at radius 2 is 1.82 bits per heavy atom. The molecule has 3 N–H and O–H groups in total. The number of fused-ring (bicyclic) bond motifs is 2. The zero-order valence-corrected chi connectivity index (χ0v) is 12.6. The topological polar surface area (TPSA) is 89.6 Å². The van der Waals surface area contributed by atoms with E-state index in [1.54, 1.807) is 0 Å². The lowest BCUT2D eigenvalue weighted by atomic mass is 9.96. The summed E-state index contributed by atoms with van der Waals surface area (Å²) in [6.45, 7) is 0.580. The Hall–Kier alpha value is -2.24. The first-order chi connectivity index (χ1) is 10.8. The summed E-state index contributed by atoms with van der Waals surface area (Å²) in [4.78, 5) is 17.9. The van der Waals surface area contributed by atoms with E-state index < -0.39 is 0 Å². The maximum Gasteiger partial charge on any atom is 0.222 e. The minimum Gasteiger partial charge on any atom is -0.368 e. The minimum atomic E-state index is 0.345. The van der Waals surface area contributed by atoms with Crippen LogP contribution < -0.4 is 11.1 Å². The third kappa shape index (κ3) is 2.49. The fourth-order valence-corrected chi connectivity index (χ4v) is 3.36. The normalized spacial score (nSPS) is 16.2. The van der Waals surface area contributed by atoms with Crippen molar-refractivity contribution in [2.75, 3.05) is 11.1 Å². The molecule has 4 rings (SSSR count). The van der Waals surface area contributed by atoms with Gasteiger partial charge in [0, 0.05) is 17.5 Å². The van der Waals surface area contributed by atoms with Gasteiger partial charge in [0.2, 0.25) is 5.95 Å². The first-order valence-electron chi connectivity index (χ1n) is 8.02. The van der Waals surface area contributed by atoms with Crippen molar-refractivity contribution in [3.8, 4) is 0 Å². The number of anilines is 2. The molecule has 22 heavy (non-hydrogen) atoms. The molecule has 2 aliphatic carbocycles. The summed E-state index contributed by atoms with van der Waals surface area (Å²) in [5.41, 5.74) is 10.6. The largest absolute Gasteiger partial charge is 0.368 e. The molecular weight excluding hydrogens is 276 g/mol. The standard InChI is InChI=1S/C16H20N6/c17-16-21-13-6-2-1-5-11(13)15(22-16)19-9-14-18-8-10-4-3-7-12(10)20-14/h8H,1-7,9H2,(H3,17,19,21,22). The Labute approximate surface area is 129 Å². The molecule has 0 radical (unpaired) electrons. The van der Waals surface area contributed by atoms with E-state index in [1.165, 1.54) is 36.1 Å².